The van der Waals surface area contributed by atoms with Crippen LogP contribution < -0.4 is 10.0 Å². The summed E-state index contributed by atoms with van der Waals surface area (Å²) < 4.78 is 41.8. The van der Waals surface area contributed by atoms with E-state index in [1.165, 1.54) is 12.1 Å². The molecular formula is C21H20FN3O3S. The van der Waals surface area contributed by atoms with Gasteiger partial charge in [-0.1, -0.05) is 48.5 Å². The molecule has 1 atom stereocenters. The van der Waals surface area contributed by atoms with Crippen molar-refractivity contribution in [1.29, 1.82) is 0 Å². The van der Waals surface area contributed by atoms with E-state index in [0.29, 0.717) is 5.82 Å². The number of halogens is 1. The lowest BCUT2D eigenvalue weighted by Gasteiger charge is -2.19. The third kappa shape index (κ3) is 5.46. The molecule has 1 aromatic heterocycles. The Kier molecular flexibility index (Phi) is 6.36. The third-order valence-electron chi connectivity index (χ3n) is 4.19. The van der Waals surface area contributed by atoms with Gasteiger partial charge in [0.1, 0.15) is 22.6 Å². The predicted octanol–water partition coefficient (Wildman–Crippen LogP) is 3.06. The normalized spacial score (nSPS) is 12.3. The van der Waals surface area contributed by atoms with Crippen molar-refractivity contribution >= 4 is 21.7 Å². The van der Waals surface area contributed by atoms with Gasteiger partial charge in [-0.2, -0.15) is 4.72 Å². The number of pyridine rings is 1. The van der Waals surface area contributed by atoms with Crippen LogP contribution in [0.25, 0.3) is 0 Å². The fourth-order valence-corrected chi connectivity index (χ4v) is 3.98. The predicted molar refractivity (Wildman–Crippen MR) is 108 cm³/mol. The summed E-state index contributed by atoms with van der Waals surface area (Å²) in [5.74, 6) is -1.19. The number of anilines is 1. The lowest BCUT2D eigenvalue weighted by Crippen LogP contribution is -2.45. The zero-order chi connectivity index (χ0) is 20.9. The molecule has 0 saturated carbocycles. The van der Waals surface area contributed by atoms with Crippen LogP contribution in [0.1, 0.15) is 11.1 Å². The first kappa shape index (κ1) is 20.6. The van der Waals surface area contributed by atoms with Crippen molar-refractivity contribution in [3.8, 4) is 0 Å². The van der Waals surface area contributed by atoms with Crippen molar-refractivity contribution in [2.75, 3.05) is 5.32 Å². The van der Waals surface area contributed by atoms with Gasteiger partial charge in [0.15, 0.2) is 0 Å². The van der Waals surface area contributed by atoms with E-state index in [-0.39, 0.29) is 6.42 Å². The van der Waals surface area contributed by atoms with Gasteiger partial charge < -0.3 is 5.32 Å². The number of sulfonamides is 1. The quantitative estimate of drug-likeness (QED) is 0.623. The van der Waals surface area contributed by atoms with Crippen LogP contribution in [0, 0.1) is 12.7 Å². The molecule has 0 fully saturated rings. The van der Waals surface area contributed by atoms with Crippen molar-refractivity contribution in [1.82, 2.24) is 9.71 Å². The van der Waals surface area contributed by atoms with Gasteiger partial charge in [0, 0.05) is 6.20 Å². The molecule has 2 N–H and O–H groups in total. The van der Waals surface area contributed by atoms with Crippen LogP contribution in [-0.2, 0) is 21.2 Å². The summed E-state index contributed by atoms with van der Waals surface area (Å²) in [5.41, 5.74) is 1.67. The molecule has 29 heavy (non-hydrogen) atoms. The van der Waals surface area contributed by atoms with Crippen LogP contribution in [0.15, 0.2) is 77.8 Å². The second kappa shape index (κ2) is 8.93. The van der Waals surface area contributed by atoms with E-state index in [1.54, 1.807) is 42.6 Å². The Morgan fingerprint density at radius 1 is 1.03 bits per heavy atom. The van der Waals surface area contributed by atoms with Gasteiger partial charge in [-0.15, -0.1) is 0 Å². The number of hydrogen-bond donors (Lipinski definition) is 2. The molecule has 2 aromatic carbocycles. The maximum atomic E-state index is 14.0. The highest BCUT2D eigenvalue weighted by Crippen LogP contribution is 2.16. The standard InChI is InChI=1S/C21H20FN3O3S/c1-15-11-12-20(23-14-15)24-21(26)18(13-16-7-3-2-4-8-16)25-29(27,28)19-10-6-5-9-17(19)22/h2-12,14,18,25H,13H2,1H3,(H,23,24,26)/t18-/m0/s1. The fraction of sp³-hybridized carbons (Fsp3) is 0.143. The number of carbonyl (C=O) groups excluding carboxylic acids is 1. The minimum atomic E-state index is -4.26. The molecule has 0 aliphatic rings. The topological polar surface area (TPSA) is 88.2 Å². The zero-order valence-electron chi connectivity index (χ0n) is 15.7. The van der Waals surface area contributed by atoms with Gasteiger partial charge in [0.2, 0.25) is 15.9 Å². The smallest absolute Gasteiger partial charge is 0.244 e. The summed E-state index contributed by atoms with van der Waals surface area (Å²) in [6, 6.07) is 16.2. The number of hydrogen-bond acceptors (Lipinski definition) is 4. The number of amides is 1. The molecule has 0 saturated heterocycles. The van der Waals surface area contributed by atoms with Gasteiger partial charge in [-0.05, 0) is 42.7 Å². The summed E-state index contributed by atoms with van der Waals surface area (Å²) in [6.07, 6.45) is 1.68. The van der Waals surface area contributed by atoms with Crippen molar-refractivity contribution in [3.63, 3.8) is 0 Å². The minimum absolute atomic E-state index is 0.0895. The van der Waals surface area contributed by atoms with Crippen LogP contribution in [0.3, 0.4) is 0 Å². The second-order valence-electron chi connectivity index (χ2n) is 6.50. The SMILES string of the molecule is Cc1ccc(NC(=O)[C@H](Cc2ccccc2)NS(=O)(=O)c2ccccc2F)nc1. The van der Waals surface area contributed by atoms with Gasteiger partial charge in [0.25, 0.3) is 0 Å². The molecule has 0 bridgehead atoms. The Balaban J connectivity index is 1.87. The highest BCUT2D eigenvalue weighted by Gasteiger charge is 2.28. The minimum Gasteiger partial charge on any atom is -0.309 e. The Labute approximate surface area is 168 Å². The maximum absolute atomic E-state index is 14.0. The summed E-state index contributed by atoms with van der Waals surface area (Å²) in [4.78, 5) is 16.4. The molecule has 0 aliphatic carbocycles. The Hall–Kier alpha value is -3.10. The Bertz CT molecular complexity index is 1090. The first-order chi connectivity index (χ1) is 13.8. The average molecular weight is 413 g/mol. The lowest BCUT2D eigenvalue weighted by molar-refractivity contribution is -0.117. The molecule has 0 radical (unpaired) electrons. The molecule has 150 valence electrons. The number of benzene rings is 2. The van der Waals surface area contributed by atoms with E-state index in [0.717, 1.165) is 23.3 Å². The Morgan fingerprint density at radius 2 is 1.72 bits per heavy atom. The molecule has 0 unspecified atom stereocenters. The number of aryl methyl sites for hydroxylation is 1. The van der Waals surface area contributed by atoms with Gasteiger partial charge in [-0.25, -0.2) is 17.8 Å². The molecule has 0 spiro atoms. The molecule has 6 nitrogen and oxygen atoms in total. The zero-order valence-corrected chi connectivity index (χ0v) is 16.5. The van der Waals surface area contributed by atoms with E-state index in [1.807, 2.05) is 13.0 Å². The van der Waals surface area contributed by atoms with E-state index in [4.69, 9.17) is 0 Å². The fourth-order valence-electron chi connectivity index (χ4n) is 2.71. The highest BCUT2D eigenvalue weighted by molar-refractivity contribution is 7.89. The maximum Gasteiger partial charge on any atom is 0.244 e. The van der Waals surface area contributed by atoms with Crippen molar-refractivity contribution < 1.29 is 17.6 Å². The van der Waals surface area contributed by atoms with Crippen LogP contribution in [-0.4, -0.2) is 25.4 Å². The summed E-state index contributed by atoms with van der Waals surface area (Å²) in [6.45, 7) is 1.86. The van der Waals surface area contributed by atoms with Crippen molar-refractivity contribution in [3.05, 3.63) is 89.9 Å². The third-order valence-corrected chi connectivity index (χ3v) is 5.69. The van der Waals surface area contributed by atoms with E-state index in [9.17, 15) is 17.6 Å². The van der Waals surface area contributed by atoms with Crippen LogP contribution in [0.4, 0.5) is 10.2 Å². The monoisotopic (exact) mass is 413 g/mol. The van der Waals surface area contributed by atoms with E-state index in [2.05, 4.69) is 15.0 Å². The lowest BCUT2D eigenvalue weighted by atomic mass is 10.1. The highest BCUT2D eigenvalue weighted by atomic mass is 32.2. The van der Waals surface area contributed by atoms with Crippen LogP contribution in [0.2, 0.25) is 0 Å². The first-order valence-corrected chi connectivity index (χ1v) is 10.4. The van der Waals surface area contributed by atoms with Gasteiger partial charge >= 0.3 is 0 Å². The largest absolute Gasteiger partial charge is 0.309 e. The molecular weight excluding hydrogens is 393 g/mol. The number of nitrogens with one attached hydrogen (secondary N) is 2. The van der Waals surface area contributed by atoms with Crippen LogP contribution in [0.5, 0.6) is 0 Å². The summed E-state index contributed by atoms with van der Waals surface area (Å²) in [7, 11) is -4.26. The molecule has 3 rings (SSSR count). The second-order valence-corrected chi connectivity index (χ2v) is 8.19. The molecule has 1 heterocycles. The first-order valence-electron chi connectivity index (χ1n) is 8.89. The van der Waals surface area contributed by atoms with Crippen molar-refractivity contribution in [2.24, 2.45) is 0 Å². The molecule has 3 aromatic rings. The molecule has 1 amide bonds. The Morgan fingerprint density at radius 3 is 2.38 bits per heavy atom. The van der Waals surface area contributed by atoms with E-state index < -0.39 is 32.7 Å². The molecule has 0 aliphatic heterocycles. The molecule has 8 heteroatoms. The van der Waals surface area contributed by atoms with Gasteiger partial charge in [0.05, 0.1) is 0 Å². The summed E-state index contributed by atoms with van der Waals surface area (Å²) in [5, 5.41) is 2.61. The number of rotatable bonds is 7. The number of aromatic nitrogens is 1. The van der Waals surface area contributed by atoms with Crippen LogP contribution >= 0.6 is 0 Å². The number of nitrogens with zero attached hydrogens (tertiary/aromatic N) is 1. The van der Waals surface area contributed by atoms with Gasteiger partial charge in [-0.3, -0.25) is 4.79 Å². The van der Waals surface area contributed by atoms with Crippen molar-refractivity contribution in [2.45, 2.75) is 24.3 Å². The number of carbonyl (C=O) groups is 1. The van der Waals surface area contributed by atoms with E-state index >= 15 is 0 Å². The summed E-state index contributed by atoms with van der Waals surface area (Å²) >= 11 is 0. The average Bonchev–Trinajstić information content (AvgIpc) is 2.70.